The lowest BCUT2D eigenvalue weighted by molar-refractivity contribution is -0.0806. The molecule has 0 unspecified atom stereocenters. The summed E-state index contributed by atoms with van der Waals surface area (Å²) in [5.41, 5.74) is 2.87. The van der Waals surface area contributed by atoms with E-state index in [2.05, 4.69) is 15.2 Å². The number of carbonyl (C=O) groups excluding carboxylic acids is 1. The second-order valence-electron chi connectivity index (χ2n) is 10.2. The molecular weight excluding hydrogens is 532 g/mol. The summed E-state index contributed by atoms with van der Waals surface area (Å²) < 4.78 is 70.3. The number of carbonyl (C=O) groups is 1. The molecule has 216 valence electrons. The fourth-order valence-corrected chi connectivity index (χ4v) is 5.14. The molecule has 4 heterocycles. The molecule has 2 aromatic rings. The molecule has 1 N–H and O–H groups in total. The van der Waals surface area contributed by atoms with Gasteiger partial charge in [-0.05, 0) is 48.2 Å². The van der Waals surface area contributed by atoms with Gasteiger partial charge in [0.2, 0.25) is 5.88 Å². The van der Waals surface area contributed by atoms with Crippen LogP contribution in [0.4, 0.5) is 33.7 Å². The number of rotatable bonds is 5. The minimum Gasteiger partial charge on any atom is -0.473 e. The topological polar surface area (TPSA) is 76.2 Å². The Morgan fingerprint density at radius 2 is 1.82 bits per heavy atom. The minimum atomic E-state index is -4.45. The first kappa shape index (κ1) is 28.2. The van der Waals surface area contributed by atoms with Crippen molar-refractivity contribution in [3.05, 3.63) is 47.4 Å². The quantitative estimate of drug-likeness (QED) is 0.392. The minimum absolute atomic E-state index is 0.00153. The van der Waals surface area contributed by atoms with Crippen molar-refractivity contribution < 1.29 is 36.6 Å². The van der Waals surface area contributed by atoms with Gasteiger partial charge >= 0.3 is 12.2 Å². The molecule has 12 heteroatoms. The number of likely N-dealkylation sites (tertiary alicyclic amines) is 1. The molecule has 0 spiro atoms. The molecule has 0 radical (unpaired) electrons. The number of aromatic nitrogens is 1. The molecule has 1 aromatic heterocycles. The van der Waals surface area contributed by atoms with Crippen LogP contribution in [-0.4, -0.2) is 80.8 Å². The number of hydrogen-bond acceptors (Lipinski definition) is 6. The van der Waals surface area contributed by atoms with Crippen LogP contribution in [0.1, 0.15) is 24.8 Å². The number of nitrogens with one attached hydrogen (secondary N) is 1. The summed E-state index contributed by atoms with van der Waals surface area (Å²) in [6.07, 6.45) is -0.893. The van der Waals surface area contributed by atoms with Crippen molar-refractivity contribution in [2.75, 3.05) is 62.8 Å². The number of hydrogen-bond donors (Lipinski definition) is 1. The van der Waals surface area contributed by atoms with Crippen LogP contribution < -0.4 is 15.0 Å². The van der Waals surface area contributed by atoms with Crippen LogP contribution in [-0.2, 0) is 9.47 Å². The number of nitrogens with zero attached hydrogens (tertiary/aromatic N) is 3. The third kappa shape index (κ3) is 6.84. The van der Waals surface area contributed by atoms with Crippen LogP contribution >= 0.6 is 0 Å². The van der Waals surface area contributed by atoms with Gasteiger partial charge < -0.3 is 29.3 Å². The van der Waals surface area contributed by atoms with Gasteiger partial charge in [0.25, 0.3) is 0 Å². The molecule has 0 aliphatic carbocycles. The Kier molecular flexibility index (Phi) is 8.46. The molecule has 3 aliphatic rings. The first-order valence-corrected chi connectivity index (χ1v) is 13.4. The SMILES string of the molecule is Cc1cc(F)c(NC(=O)N2CC/C(=C\C(F)(F)F)C2)cc1-c1cnc(OC2CCOCC2)c(N2CCOCC2)c1. The Bertz CT molecular complexity index is 1260. The summed E-state index contributed by atoms with van der Waals surface area (Å²) in [6.45, 7) is 5.47. The van der Waals surface area contributed by atoms with Gasteiger partial charge in [-0.15, -0.1) is 0 Å². The average molecular weight is 565 g/mol. The summed E-state index contributed by atoms with van der Waals surface area (Å²) in [5, 5.41) is 2.54. The van der Waals surface area contributed by atoms with Crippen LogP contribution in [0.2, 0.25) is 0 Å². The molecule has 3 aliphatic heterocycles. The highest BCUT2D eigenvalue weighted by Crippen LogP contribution is 2.36. The van der Waals surface area contributed by atoms with E-state index in [1.807, 2.05) is 6.07 Å². The number of anilines is 2. The van der Waals surface area contributed by atoms with Gasteiger partial charge in [0.05, 0.1) is 32.1 Å². The van der Waals surface area contributed by atoms with E-state index in [0.29, 0.717) is 62.1 Å². The Labute approximate surface area is 229 Å². The van der Waals surface area contributed by atoms with E-state index in [4.69, 9.17) is 14.2 Å². The van der Waals surface area contributed by atoms with Gasteiger partial charge in [-0.3, -0.25) is 0 Å². The van der Waals surface area contributed by atoms with E-state index in [9.17, 15) is 22.4 Å². The zero-order valence-electron chi connectivity index (χ0n) is 22.2. The van der Waals surface area contributed by atoms with Crippen LogP contribution in [0, 0.1) is 12.7 Å². The first-order chi connectivity index (χ1) is 19.2. The Hall–Kier alpha value is -3.38. The third-order valence-electron chi connectivity index (χ3n) is 7.25. The maximum atomic E-state index is 14.9. The number of pyridine rings is 1. The standard InChI is InChI=1S/C28H32F4N4O4/c1-18-12-23(29)24(34-27(37)36-5-2-19(17-36)15-28(30,31)32)14-22(18)20-13-25(35-6-10-39-11-7-35)26(33-16-20)40-21-3-8-38-9-4-21/h12-16,21H,2-11,17H2,1H3,(H,34,37)/b19-15+. The van der Waals surface area contributed by atoms with E-state index in [0.717, 1.165) is 18.5 Å². The molecule has 2 amide bonds. The highest BCUT2D eigenvalue weighted by molar-refractivity contribution is 5.91. The maximum Gasteiger partial charge on any atom is 0.409 e. The van der Waals surface area contributed by atoms with Gasteiger partial charge in [-0.25, -0.2) is 14.2 Å². The Morgan fingerprint density at radius 1 is 1.10 bits per heavy atom. The maximum absolute atomic E-state index is 14.9. The normalized spacial score (nSPS) is 19.8. The Balaban J connectivity index is 1.39. The van der Waals surface area contributed by atoms with Gasteiger partial charge in [-0.1, -0.05) is 0 Å². The highest BCUT2D eigenvalue weighted by Gasteiger charge is 2.29. The van der Waals surface area contributed by atoms with Crippen LogP contribution in [0.3, 0.4) is 0 Å². The second-order valence-corrected chi connectivity index (χ2v) is 10.2. The van der Waals surface area contributed by atoms with Gasteiger partial charge in [0.1, 0.15) is 17.6 Å². The van der Waals surface area contributed by atoms with E-state index in [1.54, 1.807) is 13.1 Å². The number of alkyl halides is 3. The molecule has 0 saturated carbocycles. The largest absolute Gasteiger partial charge is 0.473 e. The zero-order valence-corrected chi connectivity index (χ0v) is 22.2. The summed E-state index contributed by atoms with van der Waals surface area (Å²) >= 11 is 0. The molecule has 3 fully saturated rings. The lowest BCUT2D eigenvalue weighted by Gasteiger charge is -2.31. The van der Waals surface area contributed by atoms with Crippen molar-refractivity contribution in [1.82, 2.24) is 9.88 Å². The summed E-state index contributed by atoms with van der Waals surface area (Å²) in [5.74, 6) is -0.122. The monoisotopic (exact) mass is 564 g/mol. The number of allylic oxidation sites excluding steroid dienone is 1. The average Bonchev–Trinajstić information content (AvgIpc) is 3.39. The summed E-state index contributed by atoms with van der Waals surface area (Å²) in [7, 11) is 0. The van der Waals surface area contributed by atoms with Gasteiger partial charge in [-0.2, -0.15) is 13.2 Å². The number of ether oxygens (including phenoxy) is 3. The van der Waals surface area contributed by atoms with Crippen molar-refractivity contribution in [2.24, 2.45) is 0 Å². The van der Waals surface area contributed by atoms with Crippen LogP contribution in [0.5, 0.6) is 5.88 Å². The van der Waals surface area contributed by atoms with Crippen molar-refractivity contribution >= 4 is 17.4 Å². The summed E-state index contributed by atoms with van der Waals surface area (Å²) in [6, 6.07) is 4.15. The number of benzene rings is 1. The first-order valence-electron chi connectivity index (χ1n) is 13.4. The number of urea groups is 1. The lowest BCUT2D eigenvalue weighted by atomic mass is 10.00. The number of halogens is 4. The fourth-order valence-electron chi connectivity index (χ4n) is 5.14. The molecule has 1 aromatic carbocycles. The predicted octanol–water partition coefficient (Wildman–Crippen LogP) is 5.32. The van der Waals surface area contributed by atoms with E-state index in [-0.39, 0.29) is 43.0 Å². The molecule has 0 bridgehead atoms. The van der Waals surface area contributed by atoms with E-state index < -0.39 is 18.0 Å². The van der Waals surface area contributed by atoms with E-state index in [1.165, 1.54) is 17.0 Å². The molecular formula is C28H32F4N4O4. The van der Waals surface area contributed by atoms with Crippen molar-refractivity contribution in [1.29, 1.82) is 0 Å². The number of aryl methyl sites for hydroxylation is 1. The number of morpholine rings is 1. The predicted molar refractivity (Wildman–Crippen MR) is 141 cm³/mol. The van der Waals surface area contributed by atoms with Crippen molar-refractivity contribution in [3.8, 4) is 17.0 Å². The lowest BCUT2D eigenvalue weighted by Crippen LogP contribution is -2.37. The van der Waals surface area contributed by atoms with Gasteiger partial charge in [0, 0.05) is 56.9 Å². The molecule has 0 atom stereocenters. The zero-order chi connectivity index (χ0) is 28.3. The van der Waals surface area contributed by atoms with E-state index >= 15 is 0 Å². The van der Waals surface area contributed by atoms with Gasteiger partial charge in [0.15, 0.2) is 0 Å². The molecule has 3 saturated heterocycles. The second kappa shape index (κ2) is 12.0. The molecule has 5 rings (SSSR count). The fraction of sp³-hybridized carbons (Fsp3) is 0.500. The summed E-state index contributed by atoms with van der Waals surface area (Å²) in [4.78, 5) is 20.8. The Morgan fingerprint density at radius 3 is 2.55 bits per heavy atom. The van der Waals surface area contributed by atoms with Crippen molar-refractivity contribution in [3.63, 3.8) is 0 Å². The molecule has 8 nitrogen and oxygen atoms in total. The smallest absolute Gasteiger partial charge is 0.409 e. The third-order valence-corrected chi connectivity index (χ3v) is 7.25. The number of amides is 2. The molecule has 40 heavy (non-hydrogen) atoms. The van der Waals surface area contributed by atoms with Crippen LogP contribution in [0.15, 0.2) is 36.0 Å². The van der Waals surface area contributed by atoms with Crippen molar-refractivity contribution in [2.45, 2.75) is 38.5 Å². The van der Waals surface area contributed by atoms with Crippen LogP contribution in [0.25, 0.3) is 11.1 Å². The highest BCUT2D eigenvalue weighted by atomic mass is 19.4.